The lowest BCUT2D eigenvalue weighted by Crippen LogP contribution is -2.23. The Morgan fingerprint density at radius 1 is 1.00 bits per heavy atom. The first-order chi connectivity index (χ1) is 21.7. The Morgan fingerprint density at radius 3 is 2.62 bits per heavy atom. The molecule has 45 heavy (non-hydrogen) atoms. The fourth-order valence-corrected chi connectivity index (χ4v) is 6.90. The Kier molecular flexibility index (Phi) is 8.74. The van der Waals surface area contributed by atoms with Crippen molar-refractivity contribution in [3.63, 3.8) is 0 Å². The molecule has 0 aliphatic carbocycles. The number of benzene rings is 2. The summed E-state index contributed by atoms with van der Waals surface area (Å²) in [6, 6.07) is 17.6. The van der Waals surface area contributed by atoms with Gasteiger partial charge in [0.2, 0.25) is 21.8 Å². The average molecular weight is 652 g/mol. The van der Waals surface area contributed by atoms with Crippen LogP contribution in [-0.2, 0) is 27.7 Å². The molecule has 13 heteroatoms. The van der Waals surface area contributed by atoms with Crippen molar-refractivity contribution in [3.8, 4) is 22.8 Å². The number of thiophene rings is 1. The van der Waals surface area contributed by atoms with Crippen LogP contribution in [0.3, 0.4) is 0 Å². The molecule has 0 N–H and O–H groups in total. The van der Waals surface area contributed by atoms with Gasteiger partial charge in [-0.25, -0.2) is 27.2 Å². The van der Waals surface area contributed by atoms with Crippen LogP contribution in [0.2, 0.25) is 0 Å². The molecule has 0 saturated heterocycles. The molecule has 0 amide bonds. The summed E-state index contributed by atoms with van der Waals surface area (Å²) in [6.07, 6.45) is 0.883. The second-order valence-electron chi connectivity index (χ2n) is 10.4. The predicted molar refractivity (Wildman–Crippen MR) is 163 cm³/mol. The maximum absolute atomic E-state index is 14.9. The van der Waals surface area contributed by atoms with Gasteiger partial charge in [-0.2, -0.15) is 0 Å². The first-order valence-electron chi connectivity index (χ1n) is 13.9. The summed E-state index contributed by atoms with van der Waals surface area (Å²) in [6.45, 7) is 1.70. The van der Waals surface area contributed by atoms with Crippen molar-refractivity contribution in [2.45, 2.75) is 37.8 Å². The summed E-state index contributed by atoms with van der Waals surface area (Å²) in [5.41, 5.74) is 0.894. The van der Waals surface area contributed by atoms with E-state index in [0.29, 0.717) is 28.3 Å². The Bertz CT molecular complexity index is 2020. The maximum atomic E-state index is 14.9. The molecule has 1 atom stereocenters. The molecule has 1 unspecified atom stereocenters. The molecule has 9 nitrogen and oxygen atoms in total. The Labute approximate surface area is 261 Å². The van der Waals surface area contributed by atoms with Crippen LogP contribution in [-0.4, -0.2) is 35.5 Å². The molecule has 0 fully saturated rings. The molecule has 5 aromatic rings. The number of rotatable bonds is 11. The normalized spacial score (nSPS) is 13.2. The van der Waals surface area contributed by atoms with E-state index in [9.17, 15) is 22.0 Å². The number of fused-ring (bicyclic) bond motifs is 1. The fraction of sp³-hybridized carbons (Fsp3) is 0.219. The quantitative estimate of drug-likeness (QED) is 0.164. The average Bonchev–Trinajstić information content (AvgIpc) is 3.72. The van der Waals surface area contributed by atoms with Crippen LogP contribution in [0.4, 0.5) is 8.78 Å². The molecule has 3 aromatic heterocycles. The van der Waals surface area contributed by atoms with E-state index < -0.39 is 38.3 Å². The molecule has 232 valence electrons. The van der Waals surface area contributed by atoms with Crippen molar-refractivity contribution in [2.24, 2.45) is 0 Å². The molecule has 0 saturated carbocycles. The Morgan fingerprint density at radius 2 is 1.82 bits per heavy atom. The predicted octanol–water partition coefficient (Wildman–Crippen LogP) is 5.85. The van der Waals surface area contributed by atoms with Crippen molar-refractivity contribution in [1.29, 1.82) is 0 Å². The Hall–Kier alpha value is -4.46. The number of aromatic nitrogens is 3. The third-order valence-electron chi connectivity index (χ3n) is 7.15. The van der Waals surface area contributed by atoms with Gasteiger partial charge in [0, 0.05) is 27.9 Å². The van der Waals surface area contributed by atoms with Gasteiger partial charge in [-0.3, -0.25) is 4.79 Å². The van der Waals surface area contributed by atoms with Crippen LogP contribution in [0.5, 0.6) is 11.5 Å². The maximum Gasteiger partial charge on any atom is 0.286 e. The molecule has 1 aliphatic rings. The summed E-state index contributed by atoms with van der Waals surface area (Å²) in [7, 11) is -4.03. The SMILES string of the molecule is Cc1cc(-c2cc(F)c(=O)n(Cc3ccc4c(c3)OCO4)c2)nc(S(=O)(=O)CCC(OCc2ccccc2F)c2cccs2)n1. The topological polar surface area (TPSA) is 110 Å². The highest BCUT2D eigenvalue weighted by Crippen LogP contribution is 2.33. The van der Waals surface area contributed by atoms with Gasteiger partial charge in [-0.15, -0.1) is 11.3 Å². The zero-order chi connectivity index (χ0) is 31.6. The molecular weight excluding hydrogens is 624 g/mol. The van der Waals surface area contributed by atoms with Crippen molar-refractivity contribution >= 4 is 21.2 Å². The molecule has 0 radical (unpaired) electrons. The van der Waals surface area contributed by atoms with Crippen LogP contribution >= 0.6 is 11.3 Å². The van der Waals surface area contributed by atoms with E-state index in [2.05, 4.69) is 9.97 Å². The lowest BCUT2D eigenvalue weighted by atomic mass is 10.1. The summed E-state index contributed by atoms with van der Waals surface area (Å²) in [5, 5.41) is 1.43. The highest BCUT2D eigenvalue weighted by Gasteiger charge is 2.25. The lowest BCUT2D eigenvalue weighted by Gasteiger charge is -2.17. The second-order valence-corrected chi connectivity index (χ2v) is 13.4. The van der Waals surface area contributed by atoms with E-state index >= 15 is 0 Å². The zero-order valence-corrected chi connectivity index (χ0v) is 25.6. The second kappa shape index (κ2) is 12.9. The van der Waals surface area contributed by atoms with Gasteiger partial charge < -0.3 is 18.8 Å². The number of halogens is 2. The van der Waals surface area contributed by atoms with Crippen molar-refractivity contribution in [2.75, 3.05) is 12.5 Å². The minimum atomic E-state index is -4.03. The molecular formula is C32H27F2N3O6S2. The van der Waals surface area contributed by atoms with Gasteiger partial charge in [0.25, 0.3) is 5.56 Å². The standard InChI is InChI=1S/C32H27F2N3O6S2/c1-20-13-26(23-15-25(34)31(38)37(17-23)16-21-8-9-27-29(14-21)43-19-42-27)36-32(35-20)45(39,40)12-10-28(30-7-4-11-44-30)41-18-22-5-2-3-6-24(22)33/h2-9,11,13-15,17,28H,10,12,16,18-19H2,1H3. The first kappa shape index (κ1) is 30.6. The van der Waals surface area contributed by atoms with Crippen molar-refractivity contribution in [1.82, 2.24) is 14.5 Å². The minimum absolute atomic E-state index is 0.0338. The third kappa shape index (κ3) is 6.95. The number of pyridine rings is 1. The van der Waals surface area contributed by atoms with Gasteiger partial charge in [0.05, 0.1) is 30.7 Å². The molecule has 4 heterocycles. The van der Waals surface area contributed by atoms with Gasteiger partial charge in [0.15, 0.2) is 17.3 Å². The van der Waals surface area contributed by atoms with Gasteiger partial charge in [0.1, 0.15) is 5.82 Å². The summed E-state index contributed by atoms with van der Waals surface area (Å²) in [4.78, 5) is 21.9. The van der Waals surface area contributed by atoms with Crippen LogP contribution in [0.15, 0.2) is 88.3 Å². The Balaban J connectivity index is 1.23. The van der Waals surface area contributed by atoms with Crippen molar-refractivity contribution < 1.29 is 31.4 Å². The number of hydrogen-bond acceptors (Lipinski definition) is 9. The zero-order valence-electron chi connectivity index (χ0n) is 24.0. The van der Waals surface area contributed by atoms with Crippen LogP contribution in [0.25, 0.3) is 11.3 Å². The van der Waals surface area contributed by atoms with Crippen LogP contribution in [0, 0.1) is 18.6 Å². The number of aryl methyl sites for hydroxylation is 1. The van der Waals surface area contributed by atoms with E-state index in [0.717, 1.165) is 10.9 Å². The molecule has 0 spiro atoms. The molecule has 2 aromatic carbocycles. The number of nitrogens with zero attached hydrogens (tertiary/aromatic N) is 3. The highest BCUT2D eigenvalue weighted by molar-refractivity contribution is 7.91. The monoisotopic (exact) mass is 651 g/mol. The van der Waals surface area contributed by atoms with Crippen molar-refractivity contribution in [3.05, 3.63) is 122 Å². The van der Waals surface area contributed by atoms with E-state index in [1.807, 2.05) is 17.5 Å². The lowest BCUT2D eigenvalue weighted by molar-refractivity contribution is 0.0384. The van der Waals surface area contributed by atoms with E-state index in [1.165, 1.54) is 34.2 Å². The van der Waals surface area contributed by atoms with Gasteiger partial charge in [-0.1, -0.05) is 30.3 Å². The van der Waals surface area contributed by atoms with Crippen LogP contribution in [0.1, 0.15) is 34.2 Å². The first-order valence-corrected chi connectivity index (χ1v) is 16.5. The summed E-state index contributed by atoms with van der Waals surface area (Å²) in [5.74, 6) is -0.672. The molecule has 1 aliphatic heterocycles. The van der Waals surface area contributed by atoms with E-state index in [-0.39, 0.29) is 43.4 Å². The smallest absolute Gasteiger partial charge is 0.286 e. The largest absolute Gasteiger partial charge is 0.454 e. The van der Waals surface area contributed by atoms with Crippen LogP contribution < -0.4 is 15.0 Å². The number of hydrogen-bond donors (Lipinski definition) is 0. The molecule has 6 rings (SSSR count). The minimum Gasteiger partial charge on any atom is -0.454 e. The summed E-state index contributed by atoms with van der Waals surface area (Å²) < 4.78 is 74.0. The highest BCUT2D eigenvalue weighted by atomic mass is 32.2. The fourth-order valence-electron chi connectivity index (χ4n) is 4.86. The number of sulfone groups is 1. The molecule has 0 bridgehead atoms. The van der Waals surface area contributed by atoms with Gasteiger partial charge in [-0.05, 0) is 60.7 Å². The van der Waals surface area contributed by atoms with E-state index in [1.54, 1.807) is 43.3 Å². The van der Waals surface area contributed by atoms with E-state index in [4.69, 9.17) is 14.2 Å². The van der Waals surface area contributed by atoms with Gasteiger partial charge >= 0.3 is 0 Å². The summed E-state index contributed by atoms with van der Waals surface area (Å²) >= 11 is 1.41. The third-order valence-corrected chi connectivity index (χ3v) is 9.62. The number of ether oxygens (including phenoxy) is 3.